The van der Waals surface area contributed by atoms with Gasteiger partial charge in [0.2, 0.25) is 5.95 Å². The molecule has 4 rings (SSSR count). The Bertz CT molecular complexity index is 1220. The summed E-state index contributed by atoms with van der Waals surface area (Å²) in [5.41, 5.74) is 9.05. The summed E-state index contributed by atoms with van der Waals surface area (Å²) in [7, 11) is 1.35. The number of furan rings is 1. The van der Waals surface area contributed by atoms with Crippen molar-refractivity contribution in [2.24, 2.45) is 0 Å². The summed E-state index contributed by atoms with van der Waals surface area (Å²) in [6.45, 7) is 2.35. The molecule has 29 heavy (non-hydrogen) atoms. The van der Waals surface area contributed by atoms with Gasteiger partial charge in [-0.3, -0.25) is 0 Å². The fourth-order valence-electron chi connectivity index (χ4n) is 3.04. The maximum atomic E-state index is 11.3. The molecule has 3 aromatic heterocycles. The van der Waals surface area contributed by atoms with Crippen molar-refractivity contribution in [1.82, 2.24) is 19.7 Å². The number of hydrogen-bond donors (Lipinski definition) is 1. The standard InChI is InChI=1S/C21H19N5O3/c1-13-6-8-17(29-13)19-16-11-23-26(20(16)25-21(22)24-19)12-15-5-3-4-14(10-15)7-9-18(27)28-2/h3-11H,12H2,1-2H3,(H2,22,24,25). The molecule has 0 aliphatic carbocycles. The smallest absolute Gasteiger partial charge is 0.330 e. The molecule has 1 aromatic carbocycles. The third-order valence-corrected chi connectivity index (χ3v) is 4.38. The van der Waals surface area contributed by atoms with Crippen molar-refractivity contribution in [2.75, 3.05) is 12.8 Å². The van der Waals surface area contributed by atoms with Crippen molar-refractivity contribution < 1.29 is 13.9 Å². The summed E-state index contributed by atoms with van der Waals surface area (Å²) >= 11 is 0. The first-order valence-corrected chi connectivity index (χ1v) is 8.94. The number of anilines is 1. The minimum atomic E-state index is -0.402. The molecule has 0 atom stereocenters. The summed E-state index contributed by atoms with van der Waals surface area (Å²) in [6, 6.07) is 11.5. The maximum absolute atomic E-state index is 11.3. The van der Waals surface area contributed by atoms with Crippen LogP contribution in [0.25, 0.3) is 28.6 Å². The van der Waals surface area contributed by atoms with Crippen molar-refractivity contribution in [3.05, 3.63) is 65.6 Å². The number of carbonyl (C=O) groups is 1. The van der Waals surface area contributed by atoms with Crippen LogP contribution in [0.4, 0.5) is 5.95 Å². The van der Waals surface area contributed by atoms with Crippen molar-refractivity contribution in [3.63, 3.8) is 0 Å². The van der Waals surface area contributed by atoms with Gasteiger partial charge in [-0.25, -0.2) is 14.5 Å². The predicted molar refractivity (Wildman–Crippen MR) is 109 cm³/mol. The molecule has 8 nitrogen and oxygen atoms in total. The summed E-state index contributed by atoms with van der Waals surface area (Å²) in [6.07, 6.45) is 4.80. The Kier molecular flexibility index (Phi) is 4.82. The molecule has 0 saturated carbocycles. The molecule has 4 aromatic rings. The molecule has 0 fully saturated rings. The van der Waals surface area contributed by atoms with Gasteiger partial charge in [-0.2, -0.15) is 10.1 Å². The Hall–Kier alpha value is -3.94. The number of fused-ring (bicyclic) bond motifs is 1. The number of aryl methyl sites for hydroxylation is 1. The number of nitrogens with zero attached hydrogens (tertiary/aromatic N) is 4. The van der Waals surface area contributed by atoms with E-state index in [1.165, 1.54) is 13.2 Å². The lowest BCUT2D eigenvalue weighted by Gasteiger charge is -2.06. The van der Waals surface area contributed by atoms with Gasteiger partial charge in [-0.1, -0.05) is 18.2 Å². The fourth-order valence-corrected chi connectivity index (χ4v) is 3.04. The van der Waals surface area contributed by atoms with E-state index in [4.69, 9.17) is 10.2 Å². The molecule has 0 aliphatic rings. The number of carbonyl (C=O) groups excluding carboxylic acids is 1. The lowest BCUT2D eigenvalue weighted by Crippen LogP contribution is -2.05. The zero-order valence-electron chi connectivity index (χ0n) is 16.0. The molecular formula is C21H19N5O3. The number of aromatic nitrogens is 4. The molecule has 0 aliphatic heterocycles. The van der Waals surface area contributed by atoms with E-state index in [-0.39, 0.29) is 5.95 Å². The Morgan fingerprint density at radius 2 is 2.14 bits per heavy atom. The number of rotatable bonds is 5. The van der Waals surface area contributed by atoms with Crippen LogP contribution in [-0.4, -0.2) is 32.8 Å². The van der Waals surface area contributed by atoms with Gasteiger partial charge in [-0.15, -0.1) is 0 Å². The predicted octanol–water partition coefficient (Wildman–Crippen LogP) is 3.21. The topological polar surface area (TPSA) is 109 Å². The van der Waals surface area contributed by atoms with E-state index in [0.29, 0.717) is 23.6 Å². The van der Waals surface area contributed by atoms with Crippen LogP contribution in [0, 0.1) is 6.92 Å². The Balaban J connectivity index is 1.68. The van der Waals surface area contributed by atoms with Crippen molar-refractivity contribution in [3.8, 4) is 11.5 Å². The largest absolute Gasteiger partial charge is 0.466 e. The Morgan fingerprint density at radius 3 is 2.90 bits per heavy atom. The Morgan fingerprint density at radius 1 is 1.28 bits per heavy atom. The van der Waals surface area contributed by atoms with Gasteiger partial charge in [0, 0.05) is 6.08 Å². The van der Waals surface area contributed by atoms with Crippen LogP contribution in [0.15, 0.2) is 53.1 Å². The van der Waals surface area contributed by atoms with Gasteiger partial charge < -0.3 is 14.9 Å². The lowest BCUT2D eigenvalue weighted by atomic mass is 10.1. The fraction of sp³-hybridized carbons (Fsp3) is 0.143. The van der Waals surface area contributed by atoms with Crippen LogP contribution in [0.2, 0.25) is 0 Å². The normalized spacial score (nSPS) is 11.4. The second-order valence-electron chi connectivity index (χ2n) is 6.48. The van der Waals surface area contributed by atoms with E-state index in [2.05, 4.69) is 19.8 Å². The van der Waals surface area contributed by atoms with Crippen LogP contribution in [-0.2, 0) is 16.1 Å². The summed E-state index contributed by atoms with van der Waals surface area (Å²) in [5.74, 6) is 1.16. The molecule has 0 bridgehead atoms. The summed E-state index contributed by atoms with van der Waals surface area (Å²) in [5, 5.41) is 5.23. The van der Waals surface area contributed by atoms with Crippen molar-refractivity contribution in [1.29, 1.82) is 0 Å². The van der Waals surface area contributed by atoms with Crippen molar-refractivity contribution >= 4 is 29.0 Å². The third-order valence-electron chi connectivity index (χ3n) is 4.38. The molecule has 2 N–H and O–H groups in total. The third kappa shape index (κ3) is 3.86. The van der Waals surface area contributed by atoms with Crippen LogP contribution in [0.5, 0.6) is 0 Å². The Labute approximate surface area is 166 Å². The average molecular weight is 389 g/mol. The first kappa shape index (κ1) is 18.4. The molecule has 0 spiro atoms. The number of nitrogens with two attached hydrogens (primary N) is 1. The second kappa shape index (κ2) is 7.59. The highest BCUT2D eigenvalue weighted by molar-refractivity contribution is 5.89. The van der Waals surface area contributed by atoms with Gasteiger partial charge in [0.25, 0.3) is 0 Å². The molecule has 0 saturated heterocycles. The molecule has 0 radical (unpaired) electrons. The number of hydrogen-bond acceptors (Lipinski definition) is 7. The quantitative estimate of drug-likeness (QED) is 0.412. The highest BCUT2D eigenvalue weighted by Gasteiger charge is 2.16. The zero-order chi connectivity index (χ0) is 20.4. The van der Waals surface area contributed by atoms with E-state index >= 15 is 0 Å². The number of nitrogen functional groups attached to an aromatic ring is 1. The van der Waals surface area contributed by atoms with Gasteiger partial charge in [-0.05, 0) is 42.3 Å². The summed E-state index contributed by atoms with van der Waals surface area (Å²) < 4.78 is 12.1. The van der Waals surface area contributed by atoms with Crippen LogP contribution in [0.3, 0.4) is 0 Å². The zero-order valence-corrected chi connectivity index (χ0v) is 16.0. The monoisotopic (exact) mass is 389 g/mol. The van der Waals surface area contributed by atoms with E-state index < -0.39 is 5.97 Å². The SMILES string of the molecule is COC(=O)C=Cc1cccc(Cn2ncc3c(-c4ccc(C)o4)nc(N)nc32)c1. The highest BCUT2D eigenvalue weighted by Crippen LogP contribution is 2.28. The highest BCUT2D eigenvalue weighted by atomic mass is 16.5. The number of methoxy groups -OCH3 is 1. The van der Waals surface area contributed by atoms with Crippen LogP contribution < -0.4 is 5.73 Å². The van der Waals surface area contributed by atoms with E-state index in [1.54, 1.807) is 17.0 Å². The first-order chi connectivity index (χ1) is 14.0. The van der Waals surface area contributed by atoms with E-state index in [9.17, 15) is 4.79 Å². The van der Waals surface area contributed by atoms with E-state index in [0.717, 1.165) is 22.3 Å². The minimum absolute atomic E-state index is 0.151. The van der Waals surface area contributed by atoms with Gasteiger partial charge in [0.1, 0.15) is 11.5 Å². The van der Waals surface area contributed by atoms with E-state index in [1.807, 2.05) is 43.3 Å². The number of ether oxygens (including phenoxy) is 1. The average Bonchev–Trinajstić information content (AvgIpc) is 3.32. The lowest BCUT2D eigenvalue weighted by molar-refractivity contribution is -0.134. The van der Waals surface area contributed by atoms with Crippen molar-refractivity contribution in [2.45, 2.75) is 13.5 Å². The molecule has 146 valence electrons. The van der Waals surface area contributed by atoms with Gasteiger partial charge in [0.15, 0.2) is 11.4 Å². The molecule has 8 heteroatoms. The van der Waals surface area contributed by atoms with Crippen LogP contribution in [0.1, 0.15) is 16.9 Å². The number of benzene rings is 1. The molecule has 0 amide bonds. The minimum Gasteiger partial charge on any atom is -0.466 e. The number of esters is 1. The summed E-state index contributed by atoms with van der Waals surface area (Å²) in [4.78, 5) is 20.0. The maximum Gasteiger partial charge on any atom is 0.330 e. The van der Waals surface area contributed by atoms with Gasteiger partial charge in [0.05, 0.1) is 25.2 Å². The first-order valence-electron chi connectivity index (χ1n) is 8.94. The van der Waals surface area contributed by atoms with Crippen LogP contribution >= 0.6 is 0 Å². The molecule has 0 unspecified atom stereocenters. The molecule has 3 heterocycles. The second-order valence-corrected chi connectivity index (χ2v) is 6.48. The molecular weight excluding hydrogens is 370 g/mol. The van der Waals surface area contributed by atoms with Gasteiger partial charge >= 0.3 is 5.97 Å².